The molecule has 6 heteroatoms. The molecule has 130 valence electrons. The topological polar surface area (TPSA) is 67.7 Å². The van der Waals surface area contributed by atoms with E-state index in [2.05, 4.69) is 22.5 Å². The smallest absolute Gasteiger partial charge is 0.270 e. The minimum Gasteiger partial charge on any atom is -0.490 e. The van der Waals surface area contributed by atoms with Crippen molar-refractivity contribution in [1.82, 2.24) is 20.0 Å². The van der Waals surface area contributed by atoms with Crippen molar-refractivity contribution in [2.24, 2.45) is 0 Å². The van der Waals surface area contributed by atoms with Crippen LogP contribution in [0.1, 0.15) is 49.3 Å². The number of aromatic nitrogens is 2. The van der Waals surface area contributed by atoms with Gasteiger partial charge in [-0.05, 0) is 51.8 Å². The summed E-state index contributed by atoms with van der Waals surface area (Å²) >= 11 is 0. The van der Waals surface area contributed by atoms with Gasteiger partial charge in [0.2, 0.25) is 0 Å². The average molecular weight is 330 g/mol. The molecule has 0 bridgehead atoms. The number of piperidine rings is 1. The highest BCUT2D eigenvalue weighted by atomic mass is 16.5. The van der Waals surface area contributed by atoms with Gasteiger partial charge in [0.25, 0.3) is 5.91 Å². The standard InChI is InChI=1S/C18H26N4O2/c1-4-18(9-7-10-19-12-18)21-17(23)15-13(3)20-16-14(24-5-2)8-6-11-22(15)16/h6,8,11,19H,4-5,7,9-10,12H2,1-3H3,(H,21,23). The molecule has 6 nitrogen and oxygen atoms in total. The van der Waals surface area contributed by atoms with Crippen molar-refractivity contribution < 1.29 is 9.53 Å². The maximum Gasteiger partial charge on any atom is 0.270 e. The Bertz CT molecular complexity index is 732. The van der Waals surface area contributed by atoms with E-state index in [9.17, 15) is 4.79 Å². The first kappa shape index (κ1) is 16.8. The third-order valence-electron chi connectivity index (χ3n) is 4.83. The summed E-state index contributed by atoms with van der Waals surface area (Å²) in [5.74, 6) is 0.630. The van der Waals surface area contributed by atoms with Gasteiger partial charge in [0, 0.05) is 12.7 Å². The molecule has 0 spiro atoms. The molecule has 1 aliphatic rings. The highest BCUT2D eigenvalue weighted by molar-refractivity contribution is 5.95. The third-order valence-corrected chi connectivity index (χ3v) is 4.83. The van der Waals surface area contributed by atoms with Crippen LogP contribution in [-0.2, 0) is 0 Å². The van der Waals surface area contributed by atoms with Gasteiger partial charge >= 0.3 is 0 Å². The number of nitrogens with zero attached hydrogens (tertiary/aromatic N) is 2. The van der Waals surface area contributed by atoms with Crippen LogP contribution in [0, 0.1) is 6.92 Å². The number of ether oxygens (including phenoxy) is 1. The second kappa shape index (κ2) is 6.81. The van der Waals surface area contributed by atoms with E-state index >= 15 is 0 Å². The Kier molecular flexibility index (Phi) is 4.76. The molecular formula is C18H26N4O2. The fourth-order valence-electron chi connectivity index (χ4n) is 3.46. The Labute approximate surface area is 142 Å². The van der Waals surface area contributed by atoms with Crippen LogP contribution in [0.15, 0.2) is 18.3 Å². The quantitative estimate of drug-likeness (QED) is 0.883. The van der Waals surface area contributed by atoms with E-state index in [1.165, 1.54) is 0 Å². The second-order valence-electron chi connectivity index (χ2n) is 6.41. The zero-order valence-electron chi connectivity index (χ0n) is 14.7. The predicted molar refractivity (Wildman–Crippen MR) is 93.7 cm³/mol. The third kappa shape index (κ3) is 2.98. The lowest BCUT2D eigenvalue weighted by atomic mass is 9.87. The monoisotopic (exact) mass is 330 g/mol. The maximum atomic E-state index is 13.0. The van der Waals surface area contributed by atoms with Crippen LogP contribution in [0.4, 0.5) is 0 Å². The van der Waals surface area contributed by atoms with Crippen LogP contribution in [0.3, 0.4) is 0 Å². The van der Waals surface area contributed by atoms with Gasteiger partial charge in [-0.3, -0.25) is 9.20 Å². The van der Waals surface area contributed by atoms with Gasteiger partial charge in [-0.1, -0.05) is 6.92 Å². The molecule has 0 saturated carbocycles. The summed E-state index contributed by atoms with van der Waals surface area (Å²) in [5, 5.41) is 6.66. The summed E-state index contributed by atoms with van der Waals surface area (Å²) in [6, 6.07) is 3.76. The lowest BCUT2D eigenvalue weighted by molar-refractivity contribution is 0.0868. The van der Waals surface area contributed by atoms with Crippen molar-refractivity contribution in [1.29, 1.82) is 0 Å². The Hall–Kier alpha value is -2.08. The molecule has 24 heavy (non-hydrogen) atoms. The molecule has 3 heterocycles. The van der Waals surface area contributed by atoms with Crippen LogP contribution in [0.25, 0.3) is 5.65 Å². The minimum absolute atomic E-state index is 0.0702. The molecule has 0 aromatic carbocycles. The van der Waals surface area contributed by atoms with Crippen molar-refractivity contribution in [3.8, 4) is 5.75 Å². The summed E-state index contributed by atoms with van der Waals surface area (Å²) in [6.45, 7) is 8.34. The molecule has 0 radical (unpaired) electrons. The van der Waals surface area contributed by atoms with Crippen molar-refractivity contribution in [3.05, 3.63) is 29.7 Å². The molecule has 1 aliphatic heterocycles. The number of hydrogen-bond acceptors (Lipinski definition) is 4. The zero-order valence-corrected chi connectivity index (χ0v) is 14.7. The fraction of sp³-hybridized carbons (Fsp3) is 0.556. The second-order valence-corrected chi connectivity index (χ2v) is 6.41. The number of hydrogen-bond donors (Lipinski definition) is 2. The van der Waals surface area contributed by atoms with Crippen molar-refractivity contribution in [3.63, 3.8) is 0 Å². The normalized spacial score (nSPS) is 21.0. The van der Waals surface area contributed by atoms with E-state index in [4.69, 9.17) is 4.74 Å². The van der Waals surface area contributed by atoms with E-state index in [1.54, 1.807) is 0 Å². The molecular weight excluding hydrogens is 304 g/mol. The van der Waals surface area contributed by atoms with E-state index in [0.717, 1.165) is 38.0 Å². The lowest BCUT2D eigenvalue weighted by Gasteiger charge is -2.37. The Morgan fingerprint density at radius 2 is 2.33 bits per heavy atom. The first-order chi connectivity index (χ1) is 11.6. The van der Waals surface area contributed by atoms with E-state index in [0.29, 0.717) is 23.7 Å². The SMILES string of the molecule is CCOc1cccn2c(C(=O)NC3(CC)CCCNC3)c(C)nc12. The molecule has 1 amide bonds. The molecule has 2 aromatic heterocycles. The summed E-state index contributed by atoms with van der Waals surface area (Å²) < 4.78 is 7.46. The highest BCUT2D eigenvalue weighted by Crippen LogP contribution is 2.24. The number of nitrogens with one attached hydrogen (secondary N) is 2. The molecule has 1 atom stereocenters. The average Bonchev–Trinajstić information content (AvgIpc) is 2.93. The molecule has 0 aliphatic carbocycles. The lowest BCUT2D eigenvalue weighted by Crippen LogP contribution is -2.57. The molecule has 3 rings (SSSR count). The maximum absolute atomic E-state index is 13.0. The number of fused-ring (bicyclic) bond motifs is 1. The summed E-state index contributed by atoms with van der Waals surface area (Å²) in [7, 11) is 0. The fourth-order valence-corrected chi connectivity index (χ4v) is 3.46. The van der Waals surface area contributed by atoms with E-state index in [1.807, 2.05) is 36.6 Å². The van der Waals surface area contributed by atoms with Gasteiger partial charge < -0.3 is 15.4 Å². The number of rotatable bonds is 5. The van der Waals surface area contributed by atoms with Gasteiger partial charge in [-0.25, -0.2) is 4.98 Å². The first-order valence-electron chi connectivity index (χ1n) is 8.74. The number of carbonyl (C=O) groups excluding carboxylic acids is 1. The summed E-state index contributed by atoms with van der Waals surface area (Å²) in [5.41, 5.74) is 1.82. The Balaban J connectivity index is 1.95. The largest absolute Gasteiger partial charge is 0.490 e. The van der Waals surface area contributed by atoms with Gasteiger partial charge in [0.05, 0.1) is 17.8 Å². The predicted octanol–water partition coefficient (Wildman–Crippen LogP) is 2.30. The van der Waals surface area contributed by atoms with Gasteiger partial charge in [-0.2, -0.15) is 0 Å². The summed E-state index contributed by atoms with van der Waals surface area (Å²) in [4.78, 5) is 17.6. The highest BCUT2D eigenvalue weighted by Gasteiger charge is 2.33. The molecule has 1 saturated heterocycles. The molecule has 1 unspecified atom stereocenters. The zero-order chi connectivity index (χ0) is 17.2. The van der Waals surface area contributed by atoms with Crippen LogP contribution >= 0.6 is 0 Å². The number of imidazole rings is 1. The van der Waals surface area contributed by atoms with Crippen LogP contribution in [0.5, 0.6) is 5.75 Å². The van der Waals surface area contributed by atoms with Crippen molar-refractivity contribution in [2.75, 3.05) is 19.7 Å². The van der Waals surface area contributed by atoms with Crippen LogP contribution in [0.2, 0.25) is 0 Å². The number of pyridine rings is 1. The van der Waals surface area contributed by atoms with Gasteiger partial charge in [-0.15, -0.1) is 0 Å². The van der Waals surface area contributed by atoms with E-state index in [-0.39, 0.29) is 11.4 Å². The summed E-state index contributed by atoms with van der Waals surface area (Å²) in [6.07, 6.45) is 4.85. The molecule has 2 aromatic rings. The van der Waals surface area contributed by atoms with Crippen molar-refractivity contribution in [2.45, 2.75) is 45.6 Å². The Morgan fingerprint density at radius 1 is 1.50 bits per heavy atom. The van der Waals surface area contributed by atoms with Crippen LogP contribution in [-0.4, -0.2) is 40.5 Å². The molecule has 2 N–H and O–H groups in total. The van der Waals surface area contributed by atoms with E-state index < -0.39 is 0 Å². The number of amides is 1. The first-order valence-corrected chi connectivity index (χ1v) is 8.74. The number of carbonyl (C=O) groups is 1. The minimum atomic E-state index is -0.177. The van der Waals surface area contributed by atoms with Gasteiger partial charge in [0.1, 0.15) is 5.69 Å². The van der Waals surface area contributed by atoms with Crippen LogP contribution < -0.4 is 15.4 Å². The number of aryl methyl sites for hydroxylation is 1. The van der Waals surface area contributed by atoms with Gasteiger partial charge in [0.15, 0.2) is 11.4 Å². The molecule has 1 fully saturated rings. The van der Waals surface area contributed by atoms with Crippen molar-refractivity contribution >= 4 is 11.6 Å². The Morgan fingerprint density at radius 3 is 3.00 bits per heavy atom.